The molecule has 4 aromatic rings. The van der Waals surface area contributed by atoms with Gasteiger partial charge in [0, 0.05) is 0 Å². The van der Waals surface area contributed by atoms with Gasteiger partial charge in [0.1, 0.15) is 0 Å². The zero-order valence-corrected chi connectivity index (χ0v) is 23.0. The Balaban J connectivity index is 0.000000389. The summed E-state index contributed by atoms with van der Waals surface area (Å²) in [5, 5.41) is 0. The van der Waals surface area contributed by atoms with Crippen LogP contribution in [-0.4, -0.2) is 65.3 Å². The topological polar surface area (TPSA) is 34.1 Å². The molecule has 0 bridgehead atoms. The van der Waals surface area contributed by atoms with Crippen LogP contribution in [0.4, 0.5) is 0 Å². The van der Waals surface area contributed by atoms with E-state index in [2.05, 4.69) is 44.2 Å². The second-order valence-electron chi connectivity index (χ2n) is 5.46. The molecule has 31 heavy (non-hydrogen) atoms. The Hall–Kier alpha value is -1.94. The van der Waals surface area contributed by atoms with Crippen molar-refractivity contribution in [2.75, 3.05) is 0 Å². The maximum Gasteiger partial charge on any atom is 2.00 e. The first-order valence-electron chi connectivity index (χ1n) is 8.96. The average Bonchev–Trinajstić information content (AvgIpc) is 2.84. The van der Waals surface area contributed by atoms with Crippen molar-refractivity contribution in [1.29, 1.82) is 0 Å². The van der Waals surface area contributed by atoms with Crippen molar-refractivity contribution < 1.29 is 9.59 Å². The van der Waals surface area contributed by atoms with E-state index >= 15 is 0 Å². The van der Waals surface area contributed by atoms with Gasteiger partial charge in [-0.1, -0.05) is 60.7 Å². The normalized spacial score (nSPS) is 8.26. The molecule has 0 aliphatic heterocycles. The summed E-state index contributed by atoms with van der Waals surface area (Å²) in [6.07, 6.45) is 0. The van der Waals surface area contributed by atoms with Gasteiger partial charge in [-0.3, -0.25) is 0 Å². The fourth-order valence-electron chi connectivity index (χ4n) is 1.83. The average molecular weight is 641 g/mol. The van der Waals surface area contributed by atoms with Gasteiger partial charge in [0.15, 0.2) is 0 Å². The van der Waals surface area contributed by atoms with Gasteiger partial charge in [-0.2, -0.15) is 0 Å². The molecular weight excluding hydrogens is 621 g/mol. The summed E-state index contributed by atoms with van der Waals surface area (Å²) in [4.78, 5) is 21.2. The van der Waals surface area contributed by atoms with Crippen molar-refractivity contribution in [3.63, 3.8) is 0 Å². The number of hydrogen-bond acceptors (Lipinski definition) is 2. The molecule has 0 aliphatic carbocycles. The van der Waals surface area contributed by atoms with Crippen LogP contribution in [0.25, 0.3) is 0 Å². The van der Waals surface area contributed by atoms with Gasteiger partial charge in [-0.25, -0.2) is 0 Å². The third kappa shape index (κ3) is 16.4. The summed E-state index contributed by atoms with van der Waals surface area (Å²) < 4.78 is -0.00815. The fraction of sp³-hybridized carbons (Fsp3) is 0. The fourth-order valence-corrected chi connectivity index (χ4v) is 2.40. The number of carbonyl (C=O) groups is 2. The molecule has 0 saturated heterocycles. The van der Waals surface area contributed by atoms with Crippen molar-refractivity contribution in [2.45, 2.75) is 0 Å². The first-order valence-corrected chi connectivity index (χ1v) is 10.7. The molecule has 0 saturated carbocycles. The summed E-state index contributed by atoms with van der Waals surface area (Å²) in [6.45, 7) is 0. The molecule has 0 atom stereocenters. The summed E-state index contributed by atoms with van der Waals surface area (Å²) in [6, 6.07) is 43.2. The maximum atomic E-state index is 10.6. The largest absolute Gasteiger partial charge is 2.00 e. The second-order valence-corrected chi connectivity index (χ2v) is 7.02. The van der Waals surface area contributed by atoms with Gasteiger partial charge < -0.3 is 0 Å². The third-order valence-electron chi connectivity index (χ3n) is 3.23. The summed E-state index contributed by atoms with van der Waals surface area (Å²) in [5.41, 5.74) is 1.44. The molecule has 0 spiro atoms. The second kappa shape index (κ2) is 20.0. The van der Waals surface area contributed by atoms with Crippen LogP contribution in [0.5, 0.6) is 0 Å². The number of hydrogen-bond donors (Lipinski definition) is 0. The Morgan fingerprint density at radius 2 is 0.742 bits per heavy atom. The molecule has 152 valence electrons. The van der Waals surface area contributed by atoms with Gasteiger partial charge in [0.2, 0.25) is 0 Å². The summed E-state index contributed by atoms with van der Waals surface area (Å²) in [5.74, 6) is 0. The van der Waals surface area contributed by atoms with Crippen molar-refractivity contribution in [3.05, 3.63) is 145 Å². The van der Waals surface area contributed by atoms with E-state index in [9.17, 15) is 9.59 Å². The first kappa shape index (κ1) is 29.1. The smallest absolute Gasteiger partial charge is 0.0622 e. The minimum atomic E-state index is -0.00407. The Labute approximate surface area is 218 Å². The Bertz CT molecular complexity index is 802. The zero-order valence-electron chi connectivity index (χ0n) is 16.7. The molecular formula is C26H20O2Se2Sn. The standard InChI is InChI=1S/2C7H6OSe.2C6H5.Sn/c2*8-7(9)6-4-2-1-3-5-6;2*1-2-4-6-5-3-1;/h2*1-5H,(H,8,9);2*1-5H;/q;;;;+2/p-2. The molecule has 0 heterocycles. The van der Waals surface area contributed by atoms with Crippen LogP contribution < -0.4 is 0 Å². The van der Waals surface area contributed by atoms with Crippen molar-refractivity contribution in [1.82, 2.24) is 0 Å². The molecule has 4 aromatic carbocycles. The van der Waals surface area contributed by atoms with E-state index in [0.717, 1.165) is 11.1 Å². The Morgan fingerprint density at radius 3 is 0.871 bits per heavy atom. The van der Waals surface area contributed by atoms with Crippen LogP contribution >= 0.6 is 0 Å². The van der Waals surface area contributed by atoms with Crippen LogP contribution in [0.2, 0.25) is 0 Å². The molecule has 0 amide bonds. The van der Waals surface area contributed by atoms with Crippen LogP contribution in [0.3, 0.4) is 0 Å². The SMILES string of the molecule is O=C([Se-])c1ccccc1.O=C([Se-])c1ccccc1.[Sn+2].[c]1ccccc1.[c]1ccccc1. The molecule has 4 rings (SSSR count). The monoisotopic (exact) mass is 644 g/mol. The zero-order chi connectivity index (χ0) is 21.9. The van der Waals surface area contributed by atoms with Crippen LogP contribution in [0.15, 0.2) is 121 Å². The van der Waals surface area contributed by atoms with E-state index in [-0.39, 0.29) is 33.3 Å². The molecule has 0 fully saturated rings. The van der Waals surface area contributed by atoms with E-state index in [1.165, 1.54) is 0 Å². The van der Waals surface area contributed by atoms with Gasteiger partial charge >= 0.3 is 147 Å². The summed E-state index contributed by atoms with van der Waals surface area (Å²) in [7, 11) is 0. The molecule has 2 nitrogen and oxygen atoms in total. The summed E-state index contributed by atoms with van der Waals surface area (Å²) >= 11 is 4.83. The van der Waals surface area contributed by atoms with Crippen LogP contribution in [0.1, 0.15) is 20.7 Å². The van der Waals surface area contributed by atoms with Crippen molar-refractivity contribution in [2.24, 2.45) is 0 Å². The number of carbonyl (C=O) groups excluding carboxylic acids is 2. The minimum Gasteiger partial charge on any atom is -0.0622 e. The maximum absolute atomic E-state index is 10.6. The molecule has 5 heteroatoms. The van der Waals surface area contributed by atoms with Gasteiger partial charge in [0.05, 0.1) is 0 Å². The van der Waals surface area contributed by atoms with E-state index < -0.39 is 0 Å². The Morgan fingerprint density at radius 1 is 0.484 bits per heavy atom. The van der Waals surface area contributed by atoms with E-state index in [0.29, 0.717) is 0 Å². The van der Waals surface area contributed by atoms with E-state index in [1.807, 2.05) is 97.1 Å². The quantitative estimate of drug-likeness (QED) is 0.301. The first-order chi connectivity index (χ1) is 14.6. The minimum absolute atomic E-state index is 0. The van der Waals surface area contributed by atoms with Gasteiger partial charge in [-0.05, 0) is 12.1 Å². The predicted molar refractivity (Wildman–Crippen MR) is 129 cm³/mol. The van der Waals surface area contributed by atoms with Crippen LogP contribution in [-0.2, 0) is 0 Å². The molecule has 0 aliphatic rings. The van der Waals surface area contributed by atoms with Crippen LogP contribution in [0, 0.1) is 12.1 Å². The van der Waals surface area contributed by atoms with Gasteiger partial charge in [-0.15, -0.1) is 0 Å². The molecule has 0 aromatic heterocycles. The molecule has 4 radical (unpaired) electrons. The van der Waals surface area contributed by atoms with Gasteiger partial charge in [0.25, 0.3) is 0 Å². The van der Waals surface area contributed by atoms with Crippen molar-refractivity contribution >= 4 is 65.3 Å². The third-order valence-corrected chi connectivity index (χ3v) is 4.22. The molecule has 0 N–H and O–H groups in total. The van der Waals surface area contributed by atoms with E-state index in [4.69, 9.17) is 0 Å². The Kier molecular flexibility index (Phi) is 18.7. The van der Waals surface area contributed by atoms with E-state index in [1.54, 1.807) is 24.3 Å². The number of benzene rings is 4. The molecule has 0 unspecified atom stereocenters. The predicted octanol–water partition coefficient (Wildman–Crippen LogP) is 4.58. The van der Waals surface area contributed by atoms with Crippen molar-refractivity contribution in [3.8, 4) is 0 Å². The number of rotatable bonds is 2.